The van der Waals surface area contributed by atoms with E-state index < -0.39 is 53.2 Å². The molecule has 4 atom stereocenters. The van der Waals surface area contributed by atoms with E-state index in [-0.39, 0.29) is 30.2 Å². The van der Waals surface area contributed by atoms with E-state index in [2.05, 4.69) is 10.6 Å². The number of benzene rings is 2. The van der Waals surface area contributed by atoms with Crippen LogP contribution in [0.4, 0.5) is 4.79 Å². The van der Waals surface area contributed by atoms with Gasteiger partial charge in [-0.05, 0) is 65.5 Å². The number of amides is 3. The second-order valence-corrected chi connectivity index (χ2v) is 14.0. The van der Waals surface area contributed by atoms with Gasteiger partial charge in [-0.3, -0.25) is 9.59 Å². The molecule has 10 nitrogen and oxygen atoms in total. The molecule has 3 N–H and O–H groups in total. The number of ether oxygens (including phenoxy) is 2. The van der Waals surface area contributed by atoms with Gasteiger partial charge in [0.05, 0.1) is 0 Å². The molecule has 0 aromatic heterocycles. The third-order valence-corrected chi connectivity index (χ3v) is 7.52. The number of hydrogen-bond donors (Lipinski definition) is 3. The molecule has 3 amide bonds. The average molecular weight is 654 g/mol. The zero-order valence-corrected chi connectivity index (χ0v) is 29.6. The van der Waals surface area contributed by atoms with E-state index in [1.54, 1.807) is 59.7 Å². The summed E-state index contributed by atoms with van der Waals surface area (Å²) in [5, 5.41) is 16.6. The molecule has 0 heterocycles. The van der Waals surface area contributed by atoms with Gasteiger partial charge in [0, 0.05) is 18.5 Å². The van der Waals surface area contributed by atoms with Gasteiger partial charge in [0.1, 0.15) is 35.1 Å². The largest absolute Gasteiger partial charge is 0.508 e. The predicted molar refractivity (Wildman–Crippen MR) is 183 cm³/mol. The molecule has 2 aromatic carbocycles. The highest BCUT2D eigenvalue weighted by Crippen LogP contribution is 2.31. The number of rotatable bonds is 15. The van der Waals surface area contributed by atoms with Crippen molar-refractivity contribution in [3.05, 3.63) is 65.7 Å². The number of alkyl carbamates (subject to hydrolysis) is 1. The highest BCUT2D eigenvalue weighted by atomic mass is 16.6. The van der Waals surface area contributed by atoms with E-state index in [1.807, 2.05) is 51.1 Å². The SMILES string of the molecule is CCCCCN(C(=O)C(NC(=O)OC(C)(C)C)C(C)CC)C(C(=O)NC(Cc1ccccc1)C(=O)OC(C)(C)C)c1ccccc1O. The molecule has 4 unspecified atom stereocenters. The Labute approximate surface area is 280 Å². The number of para-hydroxylation sites is 1. The standard InChI is InChI=1S/C37H55N3O7/c1-10-12-18-23-40(33(43)30(25(3)11-2)39-35(45)47-37(7,8)9)31(27-21-16-17-22-29(27)41)32(42)38-28(34(44)46-36(4,5)6)24-26-19-14-13-15-20-26/h13-17,19-22,25,28,30-31,41H,10-12,18,23-24H2,1-9H3,(H,38,42)(H,39,45). The lowest BCUT2D eigenvalue weighted by Crippen LogP contribution is -2.56. The minimum absolute atomic E-state index is 0.147. The zero-order chi connectivity index (χ0) is 35.4. The van der Waals surface area contributed by atoms with Gasteiger partial charge < -0.3 is 30.1 Å². The van der Waals surface area contributed by atoms with Gasteiger partial charge in [-0.25, -0.2) is 9.59 Å². The van der Waals surface area contributed by atoms with Crippen molar-refractivity contribution in [2.24, 2.45) is 5.92 Å². The first-order valence-corrected chi connectivity index (χ1v) is 16.6. The van der Waals surface area contributed by atoms with Gasteiger partial charge in [-0.2, -0.15) is 0 Å². The van der Waals surface area contributed by atoms with Crippen molar-refractivity contribution in [1.82, 2.24) is 15.5 Å². The van der Waals surface area contributed by atoms with Gasteiger partial charge in [-0.15, -0.1) is 0 Å². The number of unbranched alkanes of at least 4 members (excludes halogenated alkanes) is 2. The Bertz CT molecular complexity index is 1320. The van der Waals surface area contributed by atoms with Crippen molar-refractivity contribution >= 4 is 23.9 Å². The number of aromatic hydroxyl groups is 1. The van der Waals surface area contributed by atoms with Gasteiger partial charge in [0.15, 0.2) is 0 Å². The summed E-state index contributed by atoms with van der Waals surface area (Å²) >= 11 is 0. The van der Waals surface area contributed by atoms with Crippen LogP contribution in [0.25, 0.3) is 0 Å². The van der Waals surface area contributed by atoms with Crippen LogP contribution in [0.15, 0.2) is 54.6 Å². The minimum Gasteiger partial charge on any atom is -0.508 e. The number of hydrogen-bond acceptors (Lipinski definition) is 7. The second-order valence-electron chi connectivity index (χ2n) is 14.0. The van der Waals surface area contributed by atoms with E-state index in [0.717, 1.165) is 18.4 Å². The summed E-state index contributed by atoms with van der Waals surface area (Å²) in [6.45, 7) is 16.4. The molecule has 0 saturated carbocycles. The van der Waals surface area contributed by atoms with E-state index in [9.17, 15) is 24.3 Å². The van der Waals surface area contributed by atoms with Crippen LogP contribution < -0.4 is 10.6 Å². The summed E-state index contributed by atoms with van der Waals surface area (Å²) in [5.41, 5.74) is -0.608. The average Bonchev–Trinajstić information content (AvgIpc) is 2.98. The van der Waals surface area contributed by atoms with Crippen LogP contribution in [0.3, 0.4) is 0 Å². The Morgan fingerprint density at radius 1 is 0.830 bits per heavy atom. The maximum Gasteiger partial charge on any atom is 0.408 e. The summed E-state index contributed by atoms with van der Waals surface area (Å²) in [6.07, 6.45) is 2.16. The van der Waals surface area contributed by atoms with Gasteiger partial charge in [0.2, 0.25) is 11.8 Å². The van der Waals surface area contributed by atoms with Crippen molar-refractivity contribution in [3.8, 4) is 5.75 Å². The molecule has 0 aliphatic carbocycles. The Balaban J connectivity index is 2.65. The summed E-state index contributed by atoms with van der Waals surface area (Å²) in [5.74, 6) is -2.29. The van der Waals surface area contributed by atoms with E-state index in [1.165, 1.54) is 11.0 Å². The first-order valence-electron chi connectivity index (χ1n) is 16.6. The zero-order valence-electron chi connectivity index (χ0n) is 29.6. The number of carbonyl (C=O) groups excluding carboxylic acids is 4. The molecular weight excluding hydrogens is 598 g/mol. The van der Waals surface area contributed by atoms with Crippen LogP contribution in [0.1, 0.15) is 105 Å². The Kier molecular flexibility index (Phi) is 14.8. The number of phenolic OH excluding ortho intramolecular Hbond substituents is 1. The maximum absolute atomic E-state index is 14.6. The van der Waals surface area contributed by atoms with Crippen molar-refractivity contribution in [3.63, 3.8) is 0 Å². The number of nitrogens with one attached hydrogen (secondary N) is 2. The molecule has 0 radical (unpaired) electrons. The van der Waals surface area contributed by atoms with Crippen molar-refractivity contribution in [1.29, 1.82) is 0 Å². The van der Waals surface area contributed by atoms with Crippen LogP contribution in [0.5, 0.6) is 5.75 Å². The molecule has 0 saturated heterocycles. The fourth-order valence-corrected chi connectivity index (χ4v) is 5.03. The molecule has 0 bridgehead atoms. The molecule has 0 aliphatic rings. The lowest BCUT2D eigenvalue weighted by molar-refractivity contribution is -0.159. The fraction of sp³-hybridized carbons (Fsp3) is 0.568. The summed E-state index contributed by atoms with van der Waals surface area (Å²) < 4.78 is 11.2. The topological polar surface area (TPSA) is 134 Å². The van der Waals surface area contributed by atoms with Crippen LogP contribution in [-0.4, -0.2) is 63.7 Å². The molecular formula is C37H55N3O7. The van der Waals surface area contributed by atoms with Crippen LogP contribution in [0.2, 0.25) is 0 Å². The predicted octanol–water partition coefficient (Wildman–Crippen LogP) is 6.46. The summed E-state index contributed by atoms with van der Waals surface area (Å²) in [7, 11) is 0. The van der Waals surface area contributed by atoms with Gasteiger partial charge in [0.25, 0.3) is 0 Å². The Hall–Kier alpha value is -4.08. The lowest BCUT2D eigenvalue weighted by Gasteiger charge is -2.37. The minimum atomic E-state index is -1.33. The monoisotopic (exact) mass is 653 g/mol. The van der Waals surface area contributed by atoms with Crippen LogP contribution >= 0.6 is 0 Å². The molecule has 0 fully saturated rings. The molecule has 47 heavy (non-hydrogen) atoms. The van der Waals surface area contributed by atoms with E-state index >= 15 is 0 Å². The quantitative estimate of drug-likeness (QED) is 0.148. The number of phenols is 1. The lowest BCUT2D eigenvalue weighted by atomic mass is 9.95. The van der Waals surface area contributed by atoms with Crippen molar-refractivity contribution in [2.75, 3.05) is 6.54 Å². The molecule has 2 aromatic rings. The normalized spacial score (nSPS) is 14.2. The highest BCUT2D eigenvalue weighted by Gasteiger charge is 2.40. The fourth-order valence-electron chi connectivity index (χ4n) is 5.03. The second kappa shape index (κ2) is 17.7. The Morgan fingerprint density at radius 2 is 1.43 bits per heavy atom. The van der Waals surface area contributed by atoms with Crippen LogP contribution in [0, 0.1) is 5.92 Å². The third-order valence-electron chi connectivity index (χ3n) is 7.52. The summed E-state index contributed by atoms with van der Waals surface area (Å²) in [4.78, 5) is 56.9. The highest BCUT2D eigenvalue weighted by molar-refractivity contribution is 5.94. The molecule has 0 spiro atoms. The van der Waals surface area contributed by atoms with E-state index in [0.29, 0.717) is 12.8 Å². The van der Waals surface area contributed by atoms with Crippen molar-refractivity contribution in [2.45, 2.75) is 124 Å². The third kappa shape index (κ3) is 12.9. The first-order chi connectivity index (χ1) is 22.0. The van der Waals surface area contributed by atoms with Gasteiger partial charge >= 0.3 is 12.1 Å². The van der Waals surface area contributed by atoms with E-state index in [4.69, 9.17) is 9.47 Å². The molecule has 0 aliphatic heterocycles. The maximum atomic E-state index is 14.6. The number of esters is 1. The molecule has 2 rings (SSSR count). The number of carbonyl (C=O) groups is 4. The van der Waals surface area contributed by atoms with Crippen LogP contribution in [-0.2, 0) is 30.3 Å². The molecule has 260 valence electrons. The molecule has 10 heteroatoms. The van der Waals surface area contributed by atoms with Gasteiger partial charge in [-0.1, -0.05) is 88.6 Å². The van der Waals surface area contributed by atoms with Crippen molar-refractivity contribution < 1.29 is 33.8 Å². The number of nitrogens with zero attached hydrogens (tertiary/aromatic N) is 1. The first kappa shape index (κ1) is 39.1. The smallest absolute Gasteiger partial charge is 0.408 e. The summed E-state index contributed by atoms with van der Waals surface area (Å²) in [6, 6.07) is 12.1. The Morgan fingerprint density at radius 3 is 1.98 bits per heavy atom.